The highest BCUT2D eigenvalue weighted by Crippen LogP contribution is 2.28. The van der Waals surface area contributed by atoms with Gasteiger partial charge in [-0.15, -0.1) is 0 Å². The van der Waals surface area contributed by atoms with E-state index < -0.39 is 0 Å². The van der Waals surface area contributed by atoms with Crippen LogP contribution in [0, 0.1) is 0 Å². The molecule has 0 bridgehead atoms. The van der Waals surface area contributed by atoms with Gasteiger partial charge in [-0.25, -0.2) is 9.97 Å². The molecule has 33 heavy (non-hydrogen) atoms. The number of imidazole rings is 2. The number of nitrogens with zero attached hydrogens (tertiary/aromatic N) is 3. The molecule has 0 saturated carbocycles. The third kappa shape index (κ3) is 3.41. The fourth-order valence-corrected chi connectivity index (χ4v) is 3.97. The number of rotatable bonds is 4. The number of para-hydroxylation sites is 1. The summed E-state index contributed by atoms with van der Waals surface area (Å²) in [5, 5.41) is 4.60. The van der Waals surface area contributed by atoms with Crippen LogP contribution in [0.2, 0.25) is 0 Å². The number of aromatic amines is 2. The number of carbonyl (C=O) groups excluding carboxylic acids is 1. The number of pyridine rings is 1. The fourth-order valence-electron chi connectivity index (χ4n) is 3.97. The zero-order chi connectivity index (χ0) is 22.2. The third-order valence-corrected chi connectivity index (χ3v) is 5.54. The van der Waals surface area contributed by atoms with Gasteiger partial charge in [0.05, 0.1) is 16.7 Å². The van der Waals surface area contributed by atoms with Crippen LogP contribution in [0.1, 0.15) is 10.5 Å². The second-order valence-electron chi connectivity index (χ2n) is 7.62. The first-order valence-electron chi connectivity index (χ1n) is 10.5. The first-order chi connectivity index (χ1) is 16.3. The SMILES string of the molecule is O=C(Nc1nc2cccc(-c3nc(-c4ccccc4)c[nH]3)c2[nH]1)c1nccc2ccccc12. The molecule has 7 heteroatoms. The molecule has 0 fully saturated rings. The molecule has 158 valence electrons. The van der Waals surface area contributed by atoms with Crippen molar-refractivity contribution in [2.24, 2.45) is 0 Å². The number of hydrogen-bond donors (Lipinski definition) is 3. The van der Waals surface area contributed by atoms with Crippen molar-refractivity contribution in [2.45, 2.75) is 0 Å². The van der Waals surface area contributed by atoms with Crippen LogP contribution in [0.25, 0.3) is 44.5 Å². The molecule has 0 saturated heterocycles. The molecule has 6 aromatic rings. The summed E-state index contributed by atoms with van der Waals surface area (Å²) < 4.78 is 0. The van der Waals surface area contributed by atoms with Gasteiger partial charge in [0, 0.05) is 28.9 Å². The molecular formula is C26H18N6O. The van der Waals surface area contributed by atoms with E-state index in [1.165, 1.54) is 0 Å². The number of amides is 1. The van der Waals surface area contributed by atoms with E-state index in [2.05, 4.69) is 25.3 Å². The lowest BCUT2D eigenvalue weighted by Gasteiger charge is -2.05. The quantitative estimate of drug-likeness (QED) is 0.348. The third-order valence-electron chi connectivity index (χ3n) is 5.54. The summed E-state index contributed by atoms with van der Waals surface area (Å²) in [7, 11) is 0. The van der Waals surface area contributed by atoms with Crippen LogP contribution < -0.4 is 5.32 Å². The molecule has 0 radical (unpaired) electrons. The molecule has 0 atom stereocenters. The number of carbonyl (C=O) groups is 1. The van der Waals surface area contributed by atoms with E-state index in [-0.39, 0.29) is 5.91 Å². The van der Waals surface area contributed by atoms with Crippen molar-refractivity contribution in [1.82, 2.24) is 24.9 Å². The van der Waals surface area contributed by atoms with E-state index >= 15 is 0 Å². The van der Waals surface area contributed by atoms with Gasteiger partial charge in [-0.05, 0) is 23.6 Å². The van der Waals surface area contributed by atoms with Gasteiger partial charge in [-0.1, -0.05) is 60.7 Å². The van der Waals surface area contributed by atoms with Crippen LogP contribution in [-0.4, -0.2) is 30.8 Å². The van der Waals surface area contributed by atoms with Crippen molar-refractivity contribution in [3.8, 4) is 22.6 Å². The van der Waals surface area contributed by atoms with Crippen LogP contribution in [0.4, 0.5) is 5.95 Å². The average molecular weight is 430 g/mol. The summed E-state index contributed by atoms with van der Waals surface area (Å²) in [4.78, 5) is 33.0. The number of hydrogen-bond acceptors (Lipinski definition) is 4. The first kappa shape index (κ1) is 18.9. The second kappa shape index (κ2) is 7.72. The van der Waals surface area contributed by atoms with Crippen molar-refractivity contribution < 1.29 is 4.79 Å². The number of benzene rings is 3. The van der Waals surface area contributed by atoms with Crippen LogP contribution in [-0.2, 0) is 0 Å². The Balaban J connectivity index is 1.34. The smallest absolute Gasteiger partial charge is 0.277 e. The zero-order valence-corrected chi connectivity index (χ0v) is 17.4. The predicted molar refractivity (Wildman–Crippen MR) is 129 cm³/mol. The molecule has 0 aliphatic rings. The second-order valence-corrected chi connectivity index (χ2v) is 7.62. The van der Waals surface area contributed by atoms with E-state index in [4.69, 9.17) is 4.98 Å². The summed E-state index contributed by atoms with van der Waals surface area (Å²) in [6.45, 7) is 0. The Morgan fingerprint density at radius 2 is 1.70 bits per heavy atom. The molecule has 0 aliphatic carbocycles. The highest BCUT2D eigenvalue weighted by Gasteiger charge is 2.16. The van der Waals surface area contributed by atoms with E-state index in [1.54, 1.807) is 6.20 Å². The molecule has 3 N–H and O–H groups in total. The largest absolute Gasteiger partial charge is 0.344 e. The standard InChI is InChI=1S/C26H18N6O/c33-25(23-18-10-5-4-7-16(18)13-14-27-23)32-26-30-20-12-6-11-19(22(20)31-26)24-28-15-21(29-24)17-8-2-1-3-9-17/h1-15H,(H,28,29)(H2,30,31,32,33). The van der Waals surface area contributed by atoms with Crippen LogP contribution in [0.5, 0.6) is 0 Å². The lowest BCUT2D eigenvalue weighted by molar-refractivity contribution is 0.102. The Bertz CT molecular complexity index is 1610. The maximum Gasteiger partial charge on any atom is 0.277 e. The summed E-state index contributed by atoms with van der Waals surface area (Å²) in [5.41, 5.74) is 4.63. The Morgan fingerprint density at radius 3 is 2.61 bits per heavy atom. The number of fused-ring (bicyclic) bond motifs is 2. The summed E-state index contributed by atoms with van der Waals surface area (Å²) in [6, 6.07) is 25.3. The van der Waals surface area contributed by atoms with Gasteiger partial charge >= 0.3 is 0 Å². The topological polar surface area (TPSA) is 99.4 Å². The number of H-pyrrole nitrogens is 2. The molecule has 3 aromatic carbocycles. The molecule has 0 spiro atoms. The monoisotopic (exact) mass is 430 g/mol. The van der Waals surface area contributed by atoms with Crippen molar-refractivity contribution in [2.75, 3.05) is 5.32 Å². The van der Waals surface area contributed by atoms with Crippen LogP contribution in [0.3, 0.4) is 0 Å². The Kier molecular flexibility index (Phi) is 4.43. The van der Waals surface area contributed by atoms with Gasteiger partial charge in [0.25, 0.3) is 5.91 Å². The van der Waals surface area contributed by atoms with Gasteiger partial charge in [0.1, 0.15) is 11.5 Å². The predicted octanol–water partition coefficient (Wildman–Crippen LogP) is 5.42. The molecular weight excluding hydrogens is 412 g/mol. The summed E-state index contributed by atoms with van der Waals surface area (Å²) in [5.74, 6) is 0.750. The molecule has 0 aliphatic heterocycles. The Morgan fingerprint density at radius 1 is 0.848 bits per heavy atom. The fraction of sp³-hybridized carbons (Fsp3) is 0. The van der Waals surface area contributed by atoms with E-state index in [0.29, 0.717) is 11.6 Å². The molecule has 0 unspecified atom stereocenters. The highest BCUT2D eigenvalue weighted by atomic mass is 16.2. The summed E-state index contributed by atoms with van der Waals surface area (Å²) >= 11 is 0. The average Bonchev–Trinajstić information content (AvgIpc) is 3.51. The van der Waals surface area contributed by atoms with Gasteiger partial charge in [-0.3, -0.25) is 15.1 Å². The normalized spacial score (nSPS) is 11.2. The van der Waals surface area contributed by atoms with Gasteiger partial charge in [-0.2, -0.15) is 0 Å². The minimum absolute atomic E-state index is 0.322. The molecule has 1 amide bonds. The minimum Gasteiger partial charge on any atom is -0.344 e. The van der Waals surface area contributed by atoms with Gasteiger partial charge in [0.2, 0.25) is 5.95 Å². The number of anilines is 1. The first-order valence-corrected chi connectivity index (χ1v) is 10.5. The van der Waals surface area contributed by atoms with Crippen molar-refractivity contribution in [1.29, 1.82) is 0 Å². The van der Waals surface area contributed by atoms with Crippen molar-refractivity contribution in [3.63, 3.8) is 0 Å². The highest BCUT2D eigenvalue weighted by molar-refractivity contribution is 6.11. The lowest BCUT2D eigenvalue weighted by Crippen LogP contribution is -2.15. The van der Waals surface area contributed by atoms with Crippen LogP contribution in [0.15, 0.2) is 91.3 Å². The van der Waals surface area contributed by atoms with Gasteiger partial charge in [0.15, 0.2) is 0 Å². The Labute approximate surface area is 188 Å². The van der Waals surface area contributed by atoms with E-state index in [1.807, 2.05) is 85.1 Å². The maximum absolute atomic E-state index is 13.0. The van der Waals surface area contributed by atoms with Crippen molar-refractivity contribution >= 4 is 33.7 Å². The Hall–Kier alpha value is -4.78. The molecule has 3 aromatic heterocycles. The van der Waals surface area contributed by atoms with Gasteiger partial charge < -0.3 is 9.97 Å². The molecule has 3 heterocycles. The van der Waals surface area contributed by atoms with Crippen LogP contribution >= 0.6 is 0 Å². The lowest BCUT2D eigenvalue weighted by atomic mass is 10.1. The minimum atomic E-state index is -0.322. The molecule has 6 rings (SSSR count). The van der Waals surface area contributed by atoms with Crippen molar-refractivity contribution in [3.05, 3.63) is 97.0 Å². The maximum atomic E-state index is 13.0. The zero-order valence-electron chi connectivity index (χ0n) is 17.4. The molecule has 7 nitrogen and oxygen atoms in total. The number of nitrogens with one attached hydrogen (secondary N) is 3. The van der Waals surface area contributed by atoms with E-state index in [0.717, 1.165) is 44.5 Å². The van der Waals surface area contributed by atoms with E-state index in [9.17, 15) is 4.79 Å². The summed E-state index contributed by atoms with van der Waals surface area (Å²) in [6.07, 6.45) is 3.52. The number of aromatic nitrogens is 5.